The number of hydrogen-bond donors (Lipinski definition) is 0. The average Bonchev–Trinajstić information content (AvgIpc) is 2.94. The predicted octanol–water partition coefficient (Wildman–Crippen LogP) is 2.52. The van der Waals surface area contributed by atoms with E-state index in [4.69, 9.17) is 4.74 Å². The second kappa shape index (κ2) is 5.98. The molecule has 1 fully saturated rings. The van der Waals surface area contributed by atoms with Gasteiger partial charge in [0.05, 0.1) is 19.2 Å². The van der Waals surface area contributed by atoms with Crippen LogP contribution in [0, 0.1) is 0 Å². The first-order valence-electron chi connectivity index (χ1n) is 8.58. The zero-order chi connectivity index (χ0) is 16.7. The maximum absolute atomic E-state index is 12.4. The van der Waals surface area contributed by atoms with E-state index < -0.39 is 0 Å². The standard InChI is InChI=1S/C19H23N3O2/c1-3-24-19(23)17-9-8-16-18-13-20(2)10-11-21(18)15-7-5-4-6-14(15)12-22(16)17/h4-9,18H,3,10-13H2,1-2H3. The van der Waals surface area contributed by atoms with Gasteiger partial charge in [-0.1, -0.05) is 18.2 Å². The molecule has 0 spiro atoms. The maximum atomic E-state index is 12.4. The lowest BCUT2D eigenvalue weighted by molar-refractivity contribution is 0.0514. The third-order valence-electron chi connectivity index (χ3n) is 5.05. The van der Waals surface area contributed by atoms with Gasteiger partial charge in [-0.15, -0.1) is 0 Å². The molecule has 3 heterocycles. The van der Waals surface area contributed by atoms with Crippen LogP contribution in [0.3, 0.4) is 0 Å². The van der Waals surface area contributed by atoms with E-state index in [1.54, 1.807) is 0 Å². The van der Waals surface area contributed by atoms with E-state index in [1.165, 1.54) is 16.9 Å². The first-order chi connectivity index (χ1) is 11.7. The van der Waals surface area contributed by atoms with Gasteiger partial charge in [0, 0.05) is 31.0 Å². The van der Waals surface area contributed by atoms with Crippen molar-refractivity contribution in [2.45, 2.75) is 19.5 Å². The monoisotopic (exact) mass is 325 g/mol. The van der Waals surface area contributed by atoms with Crippen molar-refractivity contribution in [3.63, 3.8) is 0 Å². The molecule has 126 valence electrons. The van der Waals surface area contributed by atoms with Gasteiger partial charge in [-0.05, 0) is 37.7 Å². The van der Waals surface area contributed by atoms with Crippen LogP contribution in [0.5, 0.6) is 0 Å². The molecule has 5 heteroatoms. The lowest BCUT2D eigenvalue weighted by Crippen LogP contribution is -2.47. The molecule has 0 N–H and O–H groups in total. The number of fused-ring (bicyclic) bond motifs is 5. The van der Waals surface area contributed by atoms with Gasteiger partial charge >= 0.3 is 5.97 Å². The van der Waals surface area contributed by atoms with Gasteiger partial charge in [0.2, 0.25) is 0 Å². The van der Waals surface area contributed by atoms with Crippen LogP contribution in [0.4, 0.5) is 5.69 Å². The molecule has 2 aliphatic heterocycles. The van der Waals surface area contributed by atoms with Crippen LogP contribution < -0.4 is 4.90 Å². The Hall–Kier alpha value is -2.27. The largest absolute Gasteiger partial charge is 0.461 e. The van der Waals surface area contributed by atoms with Gasteiger partial charge in [-0.3, -0.25) is 0 Å². The van der Waals surface area contributed by atoms with Gasteiger partial charge in [-0.2, -0.15) is 0 Å². The van der Waals surface area contributed by atoms with Crippen LogP contribution in [-0.2, 0) is 11.3 Å². The normalized spacial score (nSPS) is 19.9. The molecular weight excluding hydrogens is 302 g/mol. The van der Waals surface area contributed by atoms with Gasteiger partial charge in [0.15, 0.2) is 0 Å². The Labute approximate surface area is 142 Å². The SMILES string of the molecule is CCOC(=O)c1ccc2n1Cc1ccccc1N1CCN(C)CC21. The molecule has 2 aliphatic rings. The molecule has 1 saturated heterocycles. The van der Waals surface area contributed by atoms with Gasteiger partial charge in [0.1, 0.15) is 5.69 Å². The number of piperazine rings is 1. The minimum absolute atomic E-state index is 0.237. The molecule has 5 nitrogen and oxygen atoms in total. The summed E-state index contributed by atoms with van der Waals surface area (Å²) < 4.78 is 7.39. The first kappa shape index (κ1) is 15.3. The quantitative estimate of drug-likeness (QED) is 0.795. The van der Waals surface area contributed by atoms with E-state index in [1.807, 2.05) is 13.0 Å². The van der Waals surface area contributed by atoms with E-state index in [-0.39, 0.29) is 12.0 Å². The summed E-state index contributed by atoms with van der Waals surface area (Å²) in [6.45, 7) is 5.96. The van der Waals surface area contributed by atoms with E-state index in [0.717, 1.165) is 19.6 Å². The Balaban J connectivity index is 1.85. The Morgan fingerprint density at radius 3 is 2.88 bits per heavy atom. The lowest BCUT2D eigenvalue weighted by Gasteiger charge is -2.41. The Morgan fingerprint density at radius 2 is 2.04 bits per heavy atom. The number of ether oxygens (including phenoxy) is 1. The number of esters is 1. The maximum Gasteiger partial charge on any atom is 0.354 e. The van der Waals surface area contributed by atoms with Crippen LogP contribution in [0.15, 0.2) is 36.4 Å². The number of carbonyl (C=O) groups excluding carboxylic acids is 1. The first-order valence-corrected chi connectivity index (χ1v) is 8.58. The summed E-state index contributed by atoms with van der Waals surface area (Å²) in [4.78, 5) is 17.2. The number of nitrogens with zero attached hydrogens (tertiary/aromatic N) is 3. The van der Waals surface area contributed by atoms with Crippen LogP contribution in [0.1, 0.15) is 34.7 Å². The van der Waals surface area contributed by atoms with Crippen molar-refractivity contribution < 1.29 is 9.53 Å². The van der Waals surface area contributed by atoms with Gasteiger partial charge in [-0.25, -0.2) is 4.79 Å². The highest BCUT2D eigenvalue weighted by molar-refractivity contribution is 5.88. The van der Waals surface area contributed by atoms with Crippen molar-refractivity contribution in [3.8, 4) is 0 Å². The number of para-hydroxylation sites is 1. The summed E-state index contributed by atoms with van der Waals surface area (Å²) >= 11 is 0. The van der Waals surface area contributed by atoms with Gasteiger partial charge in [0.25, 0.3) is 0 Å². The average molecular weight is 325 g/mol. The predicted molar refractivity (Wildman–Crippen MR) is 93.5 cm³/mol. The fourth-order valence-electron chi connectivity index (χ4n) is 3.89. The number of rotatable bonds is 2. The van der Waals surface area contributed by atoms with E-state index in [0.29, 0.717) is 18.8 Å². The van der Waals surface area contributed by atoms with Crippen molar-refractivity contribution >= 4 is 11.7 Å². The third kappa shape index (κ3) is 2.40. The summed E-state index contributed by atoms with van der Waals surface area (Å²) in [5.41, 5.74) is 4.39. The molecule has 1 aromatic carbocycles. The molecule has 1 atom stereocenters. The number of anilines is 1. The zero-order valence-corrected chi connectivity index (χ0v) is 14.2. The van der Waals surface area contributed by atoms with E-state index in [9.17, 15) is 4.79 Å². The summed E-state index contributed by atoms with van der Waals surface area (Å²) in [5, 5.41) is 0. The fourth-order valence-corrected chi connectivity index (χ4v) is 3.89. The topological polar surface area (TPSA) is 37.7 Å². The highest BCUT2D eigenvalue weighted by Crippen LogP contribution is 2.37. The molecule has 0 radical (unpaired) electrons. The molecule has 0 aliphatic carbocycles. The molecule has 1 aromatic heterocycles. The van der Waals surface area contributed by atoms with Crippen molar-refractivity contribution in [3.05, 3.63) is 53.3 Å². The van der Waals surface area contributed by atoms with Crippen molar-refractivity contribution in [1.82, 2.24) is 9.47 Å². The fraction of sp³-hybridized carbons (Fsp3) is 0.421. The highest BCUT2D eigenvalue weighted by Gasteiger charge is 2.34. The Kier molecular flexibility index (Phi) is 3.81. The summed E-state index contributed by atoms with van der Waals surface area (Å²) in [6, 6.07) is 12.8. The van der Waals surface area contributed by atoms with Crippen LogP contribution in [0.2, 0.25) is 0 Å². The summed E-state index contributed by atoms with van der Waals surface area (Å²) in [7, 11) is 2.16. The number of benzene rings is 1. The Morgan fingerprint density at radius 1 is 1.21 bits per heavy atom. The van der Waals surface area contributed by atoms with E-state index in [2.05, 4.69) is 51.7 Å². The summed E-state index contributed by atoms with van der Waals surface area (Å²) in [5.74, 6) is -0.237. The van der Waals surface area contributed by atoms with E-state index >= 15 is 0 Å². The molecule has 1 unspecified atom stereocenters. The molecule has 0 bridgehead atoms. The Bertz CT molecular complexity index is 768. The number of hydrogen-bond acceptors (Lipinski definition) is 4. The second-order valence-electron chi connectivity index (χ2n) is 6.55. The van der Waals surface area contributed by atoms with Crippen LogP contribution in [0.25, 0.3) is 0 Å². The molecule has 0 amide bonds. The third-order valence-corrected chi connectivity index (χ3v) is 5.05. The number of aromatic nitrogens is 1. The minimum atomic E-state index is -0.237. The van der Waals surface area contributed by atoms with Crippen molar-refractivity contribution in [2.75, 3.05) is 38.2 Å². The molecule has 2 aromatic rings. The van der Waals surface area contributed by atoms with Crippen LogP contribution in [-0.4, -0.2) is 48.7 Å². The van der Waals surface area contributed by atoms with Crippen molar-refractivity contribution in [2.24, 2.45) is 0 Å². The second-order valence-corrected chi connectivity index (χ2v) is 6.55. The number of likely N-dealkylation sites (N-methyl/N-ethyl adjacent to an activating group) is 1. The smallest absolute Gasteiger partial charge is 0.354 e. The zero-order valence-electron chi connectivity index (χ0n) is 14.2. The molecule has 24 heavy (non-hydrogen) atoms. The lowest BCUT2D eigenvalue weighted by atomic mass is 10.1. The number of carbonyl (C=O) groups is 1. The summed E-state index contributed by atoms with van der Waals surface area (Å²) in [6.07, 6.45) is 0. The van der Waals surface area contributed by atoms with Crippen molar-refractivity contribution in [1.29, 1.82) is 0 Å². The minimum Gasteiger partial charge on any atom is -0.461 e. The van der Waals surface area contributed by atoms with Crippen LogP contribution >= 0.6 is 0 Å². The van der Waals surface area contributed by atoms with Gasteiger partial charge < -0.3 is 19.1 Å². The highest BCUT2D eigenvalue weighted by atomic mass is 16.5. The molecular formula is C19H23N3O2. The molecule has 4 rings (SSSR count). The molecule has 0 saturated carbocycles.